The Balaban J connectivity index is 2.79. The molecule has 1 unspecified atom stereocenters. The highest BCUT2D eigenvalue weighted by Gasteiger charge is 2.40. The Kier molecular flexibility index (Phi) is 4.30. The normalized spacial score (nSPS) is 20.1. The van der Waals surface area contributed by atoms with Crippen LogP contribution in [0.1, 0.15) is 20.8 Å². The van der Waals surface area contributed by atoms with Gasteiger partial charge in [0.15, 0.2) is 0 Å². The molecule has 0 aromatic carbocycles. The quantitative estimate of drug-likeness (QED) is 0.727. The van der Waals surface area contributed by atoms with Crippen LogP contribution < -0.4 is 0 Å². The molecule has 1 atom stereocenters. The lowest BCUT2D eigenvalue weighted by Crippen LogP contribution is -2.49. The van der Waals surface area contributed by atoms with Crippen LogP contribution in [-0.2, 0) is 20.4 Å². The van der Waals surface area contributed by atoms with Crippen LogP contribution in [0.3, 0.4) is 0 Å². The third kappa shape index (κ3) is 3.52. The van der Waals surface area contributed by atoms with Gasteiger partial charge in [0.1, 0.15) is 5.92 Å². The minimum absolute atomic E-state index is 0.360. The summed E-state index contributed by atoms with van der Waals surface area (Å²) in [6.07, 6.45) is 0. The maximum atomic E-state index is 12.1. The van der Waals surface area contributed by atoms with Crippen molar-refractivity contribution < 1.29 is 18.9 Å². The number of carbonyl (C=O) groups excluding carboxylic acids is 1. The molecule has 0 bridgehead atoms. The molecule has 1 rings (SSSR count). The van der Waals surface area contributed by atoms with E-state index in [2.05, 4.69) is 0 Å². The van der Waals surface area contributed by atoms with Gasteiger partial charge in [-0.05, 0) is 5.41 Å². The highest BCUT2D eigenvalue weighted by atomic mass is 32.2. The SMILES string of the molecule is CC(C)(C)C(C(=O)O)C(=O)N1CCS(=O)CC1. The molecule has 0 aliphatic carbocycles. The number of nitrogens with zero attached hydrogens (tertiary/aromatic N) is 1. The van der Waals surface area contributed by atoms with Crippen molar-refractivity contribution >= 4 is 22.7 Å². The first-order valence-corrected chi connectivity index (χ1v) is 7.09. The van der Waals surface area contributed by atoms with Gasteiger partial charge in [0.25, 0.3) is 0 Å². The third-order valence-electron chi connectivity index (χ3n) is 2.85. The van der Waals surface area contributed by atoms with Crippen LogP contribution >= 0.6 is 0 Å². The lowest BCUT2D eigenvalue weighted by Gasteiger charge is -2.33. The Labute approximate surface area is 104 Å². The Bertz CT molecular complexity index is 338. The lowest BCUT2D eigenvalue weighted by atomic mass is 9.80. The fourth-order valence-electron chi connectivity index (χ4n) is 1.89. The number of carbonyl (C=O) groups is 2. The first-order valence-electron chi connectivity index (χ1n) is 5.60. The van der Waals surface area contributed by atoms with E-state index in [-0.39, 0.29) is 5.91 Å². The average Bonchev–Trinajstić information content (AvgIpc) is 2.15. The van der Waals surface area contributed by atoms with Crippen molar-refractivity contribution in [2.24, 2.45) is 11.3 Å². The summed E-state index contributed by atoms with van der Waals surface area (Å²) in [6.45, 7) is 6.01. The monoisotopic (exact) mass is 261 g/mol. The van der Waals surface area contributed by atoms with Gasteiger partial charge in [-0.25, -0.2) is 0 Å². The van der Waals surface area contributed by atoms with E-state index in [1.54, 1.807) is 20.8 Å². The summed E-state index contributed by atoms with van der Waals surface area (Å²) in [5, 5.41) is 9.15. The minimum atomic E-state index is -1.09. The molecule has 1 aliphatic rings. The molecule has 5 nitrogen and oxygen atoms in total. The van der Waals surface area contributed by atoms with Crippen LogP contribution in [-0.4, -0.2) is 50.7 Å². The van der Waals surface area contributed by atoms with Crippen LogP contribution in [0.4, 0.5) is 0 Å². The van der Waals surface area contributed by atoms with E-state index in [4.69, 9.17) is 5.11 Å². The topological polar surface area (TPSA) is 74.7 Å². The van der Waals surface area contributed by atoms with Gasteiger partial charge in [-0.1, -0.05) is 20.8 Å². The van der Waals surface area contributed by atoms with Crippen LogP contribution in [0.5, 0.6) is 0 Å². The van der Waals surface area contributed by atoms with Crippen molar-refractivity contribution in [1.82, 2.24) is 4.90 Å². The summed E-state index contributed by atoms with van der Waals surface area (Å²) in [6, 6.07) is 0. The Morgan fingerprint density at radius 1 is 1.24 bits per heavy atom. The Morgan fingerprint density at radius 3 is 2.06 bits per heavy atom. The summed E-state index contributed by atoms with van der Waals surface area (Å²) in [4.78, 5) is 24.8. The smallest absolute Gasteiger partial charge is 0.316 e. The van der Waals surface area contributed by atoms with E-state index in [9.17, 15) is 13.8 Å². The van der Waals surface area contributed by atoms with Gasteiger partial charge in [-0.2, -0.15) is 0 Å². The Hall–Kier alpha value is -0.910. The molecular formula is C11H19NO4S. The minimum Gasteiger partial charge on any atom is -0.481 e. The van der Waals surface area contributed by atoms with Crippen molar-refractivity contribution in [2.75, 3.05) is 24.6 Å². The van der Waals surface area contributed by atoms with Crippen LogP contribution in [0, 0.1) is 11.3 Å². The fraction of sp³-hybridized carbons (Fsp3) is 0.818. The molecule has 0 spiro atoms. The Morgan fingerprint density at radius 2 is 1.71 bits per heavy atom. The summed E-state index contributed by atoms with van der Waals surface area (Å²) < 4.78 is 11.2. The van der Waals surface area contributed by atoms with Gasteiger partial charge in [-0.3, -0.25) is 13.8 Å². The van der Waals surface area contributed by atoms with E-state index in [0.29, 0.717) is 24.6 Å². The molecule has 0 saturated carbocycles. The van der Waals surface area contributed by atoms with Crippen LogP contribution in [0.25, 0.3) is 0 Å². The van der Waals surface area contributed by atoms with Crippen molar-refractivity contribution in [3.63, 3.8) is 0 Å². The standard InChI is InChI=1S/C11H19NO4S/c1-11(2,3)8(10(14)15)9(13)12-4-6-17(16)7-5-12/h8H,4-7H2,1-3H3,(H,14,15). The number of carboxylic acids is 1. The zero-order chi connectivity index (χ0) is 13.2. The molecule has 1 heterocycles. The summed E-state index contributed by atoms with van der Waals surface area (Å²) in [5.41, 5.74) is -0.612. The molecule has 1 fully saturated rings. The zero-order valence-corrected chi connectivity index (χ0v) is 11.2. The average molecular weight is 261 g/mol. The predicted molar refractivity (Wildman–Crippen MR) is 65.0 cm³/mol. The molecule has 0 aromatic rings. The summed E-state index contributed by atoms with van der Waals surface area (Å²) >= 11 is 0. The molecule has 98 valence electrons. The molecule has 0 aromatic heterocycles. The van der Waals surface area contributed by atoms with E-state index < -0.39 is 28.1 Å². The van der Waals surface area contributed by atoms with Crippen molar-refractivity contribution in [1.29, 1.82) is 0 Å². The van der Waals surface area contributed by atoms with Crippen molar-refractivity contribution in [2.45, 2.75) is 20.8 Å². The number of amides is 1. The van der Waals surface area contributed by atoms with E-state index in [1.165, 1.54) is 4.90 Å². The molecule has 1 saturated heterocycles. The fourth-order valence-corrected chi connectivity index (χ4v) is 2.94. The van der Waals surface area contributed by atoms with E-state index >= 15 is 0 Å². The lowest BCUT2D eigenvalue weighted by molar-refractivity contribution is -0.156. The maximum absolute atomic E-state index is 12.1. The highest BCUT2D eigenvalue weighted by molar-refractivity contribution is 7.85. The summed E-state index contributed by atoms with van der Waals surface area (Å²) in [7, 11) is -0.864. The predicted octanol–water partition coefficient (Wildman–Crippen LogP) is 0.324. The second-order valence-electron chi connectivity index (χ2n) is 5.31. The first-order chi connectivity index (χ1) is 7.73. The van der Waals surface area contributed by atoms with Gasteiger partial charge >= 0.3 is 5.97 Å². The first kappa shape index (κ1) is 14.2. The molecule has 0 radical (unpaired) electrons. The second-order valence-corrected chi connectivity index (χ2v) is 7.01. The zero-order valence-electron chi connectivity index (χ0n) is 10.4. The molecule has 1 amide bonds. The third-order valence-corrected chi connectivity index (χ3v) is 4.13. The molecule has 1 aliphatic heterocycles. The molecule has 1 N–H and O–H groups in total. The molecular weight excluding hydrogens is 242 g/mol. The second kappa shape index (κ2) is 5.16. The van der Waals surface area contributed by atoms with Gasteiger partial charge in [0.2, 0.25) is 5.91 Å². The maximum Gasteiger partial charge on any atom is 0.316 e. The van der Waals surface area contributed by atoms with Gasteiger partial charge in [0, 0.05) is 35.4 Å². The number of rotatable bonds is 2. The number of hydrogen-bond donors (Lipinski definition) is 1. The van der Waals surface area contributed by atoms with E-state index in [0.717, 1.165) is 0 Å². The van der Waals surface area contributed by atoms with Crippen molar-refractivity contribution in [3.05, 3.63) is 0 Å². The van der Waals surface area contributed by atoms with Gasteiger partial charge < -0.3 is 10.0 Å². The van der Waals surface area contributed by atoms with E-state index in [1.807, 2.05) is 0 Å². The number of hydrogen-bond acceptors (Lipinski definition) is 3. The van der Waals surface area contributed by atoms with Gasteiger partial charge in [0.05, 0.1) is 0 Å². The molecule has 17 heavy (non-hydrogen) atoms. The van der Waals surface area contributed by atoms with Gasteiger partial charge in [-0.15, -0.1) is 0 Å². The van der Waals surface area contributed by atoms with Crippen LogP contribution in [0.15, 0.2) is 0 Å². The highest BCUT2D eigenvalue weighted by Crippen LogP contribution is 2.28. The summed E-state index contributed by atoms with van der Waals surface area (Å²) in [5.74, 6) is -1.59. The van der Waals surface area contributed by atoms with Crippen LogP contribution in [0.2, 0.25) is 0 Å². The largest absolute Gasteiger partial charge is 0.481 e. The number of carboxylic acid groups (broad SMARTS) is 1. The number of aliphatic carboxylic acids is 1. The van der Waals surface area contributed by atoms with Crippen molar-refractivity contribution in [3.8, 4) is 0 Å². The molecule has 6 heteroatoms.